The van der Waals surface area contributed by atoms with E-state index in [-0.39, 0.29) is 17.2 Å². The van der Waals surface area contributed by atoms with E-state index >= 15 is 0 Å². The first-order valence-electron chi connectivity index (χ1n) is 7.56. The quantitative estimate of drug-likeness (QED) is 0.877. The van der Waals surface area contributed by atoms with E-state index in [2.05, 4.69) is 6.07 Å². The van der Waals surface area contributed by atoms with Gasteiger partial charge >= 0.3 is 0 Å². The van der Waals surface area contributed by atoms with Gasteiger partial charge < -0.3 is 10.5 Å². The molecular formula is C20H16N2O2. The summed E-state index contributed by atoms with van der Waals surface area (Å²) < 4.78 is 5.49. The zero-order valence-corrected chi connectivity index (χ0v) is 13.2. The van der Waals surface area contributed by atoms with Crippen molar-refractivity contribution in [2.45, 2.75) is 12.8 Å². The van der Waals surface area contributed by atoms with Crippen molar-refractivity contribution in [3.63, 3.8) is 0 Å². The third-order valence-corrected chi connectivity index (χ3v) is 4.02. The van der Waals surface area contributed by atoms with Gasteiger partial charge in [0.1, 0.15) is 17.4 Å². The Labute approximate surface area is 140 Å². The highest BCUT2D eigenvalue weighted by atomic mass is 16.5. The Balaban J connectivity index is 2.17. The number of allylic oxidation sites excluding steroid dienone is 3. The smallest absolute Gasteiger partial charge is 0.205 e. The highest BCUT2D eigenvalue weighted by molar-refractivity contribution is 6.10. The molecule has 2 aromatic carbocycles. The molecule has 2 aromatic rings. The number of Topliss-reactive ketones (excluding diaryl/α,β-unsaturated/α-hetero) is 1. The first-order valence-corrected chi connectivity index (χ1v) is 7.56. The summed E-state index contributed by atoms with van der Waals surface area (Å²) in [6.07, 6.45) is 0. The van der Waals surface area contributed by atoms with Gasteiger partial charge in [0, 0.05) is 5.56 Å². The number of ketones is 1. The molecule has 0 amide bonds. The van der Waals surface area contributed by atoms with E-state index in [4.69, 9.17) is 10.5 Å². The predicted molar refractivity (Wildman–Crippen MR) is 90.6 cm³/mol. The lowest BCUT2D eigenvalue weighted by Gasteiger charge is -2.27. The number of nitrogens with two attached hydrogens (primary N) is 1. The molecule has 0 radical (unpaired) electrons. The van der Waals surface area contributed by atoms with E-state index in [0.717, 1.165) is 5.56 Å². The first kappa shape index (κ1) is 15.6. The third-order valence-electron chi connectivity index (χ3n) is 4.02. The Morgan fingerprint density at radius 1 is 1.08 bits per heavy atom. The van der Waals surface area contributed by atoms with Gasteiger partial charge in [-0.05, 0) is 12.5 Å². The van der Waals surface area contributed by atoms with Crippen LogP contribution in [0.5, 0.6) is 0 Å². The average Bonchev–Trinajstić information content (AvgIpc) is 2.62. The molecule has 118 valence electrons. The minimum Gasteiger partial charge on any atom is -0.445 e. The van der Waals surface area contributed by atoms with Crippen molar-refractivity contribution in [2.75, 3.05) is 0 Å². The van der Waals surface area contributed by atoms with Crippen LogP contribution < -0.4 is 5.73 Å². The van der Waals surface area contributed by atoms with Crippen LogP contribution in [0, 0.1) is 11.3 Å². The van der Waals surface area contributed by atoms with E-state index in [9.17, 15) is 10.1 Å². The molecule has 3 rings (SSSR count). The summed E-state index contributed by atoms with van der Waals surface area (Å²) in [5.74, 6) is -0.220. The second kappa shape index (κ2) is 6.43. The molecule has 1 heterocycles. The largest absolute Gasteiger partial charge is 0.445 e. The van der Waals surface area contributed by atoms with Crippen LogP contribution in [0.1, 0.15) is 28.8 Å². The zero-order valence-electron chi connectivity index (χ0n) is 13.2. The van der Waals surface area contributed by atoms with Gasteiger partial charge in [0.2, 0.25) is 5.88 Å². The van der Waals surface area contributed by atoms with Crippen LogP contribution >= 0.6 is 0 Å². The predicted octanol–water partition coefficient (Wildman–Crippen LogP) is 3.65. The van der Waals surface area contributed by atoms with Crippen molar-refractivity contribution in [1.82, 2.24) is 0 Å². The summed E-state index contributed by atoms with van der Waals surface area (Å²) >= 11 is 0. The van der Waals surface area contributed by atoms with Crippen molar-refractivity contribution >= 4 is 5.78 Å². The Bertz CT molecular complexity index is 875. The molecule has 0 unspecified atom stereocenters. The van der Waals surface area contributed by atoms with Gasteiger partial charge in [-0.3, -0.25) is 4.79 Å². The van der Waals surface area contributed by atoms with Crippen LogP contribution in [-0.2, 0) is 4.74 Å². The van der Waals surface area contributed by atoms with Gasteiger partial charge in [0.15, 0.2) is 5.78 Å². The lowest BCUT2D eigenvalue weighted by atomic mass is 9.80. The second-order valence-electron chi connectivity index (χ2n) is 5.50. The van der Waals surface area contributed by atoms with Crippen LogP contribution in [0.25, 0.3) is 0 Å². The van der Waals surface area contributed by atoms with Crippen LogP contribution in [0.15, 0.2) is 83.5 Å². The van der Waals surface area contributed by atoms with E-state index < -0.39 is 5.92 Å². The molecule has 1 atom stereocenters. The number of carbonyl (C=O) groups excluding carboxylic acids is 1. The van der Waals surface area contributed by atoms with Crippen molar-refractivity contribution < 1.29 is 9.53 Å². The van der Waals surface area contributed by atoms with Crippen LogP contribution in [0.2, 0.25) is 0 Å². The summed E-state index contributed by atoms with van der Waals surface area (Å²) in [6, 6.07) is 20.4. The zero-order chi connectivity index (χ0) is 17.1. The Kier molecular flexibility index (Phi) is 4.17. The van der Waals surface area contributed by atoms with Crippen molar-refractivity contribution in [3.8, 4) is 6.07 Å². The van der Waals surface area contributed by atoms with Gasteiger partial charge in [0.05, 0.1) is 11.5 Å². The summed E-state index contributed by atoms with van der Waals surface area (Å²) in [4.78, 5) is 13.1. The monoisotopic (exact) mass is 316 g/mol. The second-order valence-corrected chi connectivity index (χ2v) is 5.50. The maximum absolute atomic E-state index is 13.1. The molecule has 0 saturated carbocycles. The number of nitriles is 1. The SMILES string of the molecule is CC1=C(C(=O)c2ccccc2)[C@@H](c2ccccc2)C(C#N)=C(N)O1. The van der Waals surface area contributed by atoms with Gasteiger partial charge in [-0.25, -0.2) is 0 Å². The number of rotatable bonds is 3. The number of benzene rings is 2. The number of hydrogen-bond acceptors (Lipinski definition) is 4. The molecule has 24 heavy (non-hydrogen) atoms. The fourth-order valence-corrected chi connectivity index (χ4v) is 2.90. The number of ether oxygens (including phenoxy) is 1. The number of nitrogens with zero attached hydrogens (tertiary/aromatic N) is 1. The number of carbonyl (C=O) groups is 1. The van der Waals surface area contributed by atoms with Gasteiger partial charge in [-0.2, -0.15) is 5.26 Å². The van der Waals surface area contributed by atoms with Crippen LogP contribution in [0.3, 0.4) is 0 Å². The molecule has 0 aromatic heterocycles. The minimum atomic E-state index is -0.530. The molecule has 1 aliphatic rings. The fourth-order valence-electron chi connectivity index (χ4n) is 2.90. The molecule has 4 nitrogen and oxygen atoms in total. The third kappa shape index (κ3) is 2.68. The molecule has 0 spiro atoms. The first-order chi connectivity index (χ1) is 11.6. The van der Waals surface area contributed by atoms with E-state index in [1.165, 1.54) is 0 Å². The van der Waals surface area contributed by atoms with Crippen LogP contribution in [-0.4, -0.2) is 5.78 Å². The van der Waals surface area contributed by atoms with E-state index in [0.29, 0.717) is 16.9 Å². The van der Waals surface area contributed by atoms with Gasteiger partial charge in [0.25, 0.3) is 0 Å². The Hall–Kier alpha value is -3.32. The molecule has 0 bridgehead atoms. The van der Waals surface area contributed by atoms with Crippen LogP contribution in [0.4, 0.5) is 0 Å². The lowest BCUT2D eigenvalue weighted by Crippen LogP contribution is -2.24. The van der Waals surface area contributed by atoms with Crippen molar-refractivity contribution in [3.05, 3.63) is 94.6 Å². The standard InChI is InChI=1S/C20H16N2O2/c1-13-17(19(23)15-10-6-3-7-11-15)18(14-8-4-2-5-9-14)16(12-21)20(22)24-13/h2-11,18H,22H2,1H3/t18-/m0/s1. The maximum Gasteiger partial charge on any atom is 0.205 e. The molecule has 0 aliphatic carbocycles. The molecule has 4 heteroatoms. The van der Waals surface area contributed by atoms with Crippen molar-refractivity contribution in [1.29, 1.82) is 5.26 Å². The number of hydrogen-bond donors (Lipinski definition) is 1. The summed E-state index contributed by atoms with van der Waals surface area (Å²) in [7, 11) is 0. The molecule has 0 saturated heterocycles. The Morgan fingerprint density at radius 2 is 1.67 bits per heavy atom. The minimum absolute atomic E-state index is 0.0495. The van der Waals surface area contributed by atoms with E-state index in [1.807, 2.05) is 36.4 Å². The van der Waals surface area contributed by atoms with Gasteiger partial charge in [-0.15, -0.1) is 0 Å². The summed E-state index contributed by atoms with van der Waals surface area (Å²) in [5.41, 5.74) is 7.98. The lowest BCUT2D eigenvalue weighted by molar-refractivity contribution is 0.101. The highest BCUT2D eigenvalue weighted by Gasteiger charge is 2.35. The van der Waals surface area contributed by atoms with Crippen molar-refractivity contribution in [2.24, 2.45) is 5.73 Å². The maximum atomic E-state index is 13.1. The highest BCUT2D eigenvalue weighted by Crippen LogP contribution is 2.40. The Morgan fingerprint density at radius 3 is 2.25 bits per heavy atom. The van der Waals surface area contributed by atoms with E-state index in [1.54, 1.807) is 31.2 Å². The summed E-state index contributed by atoms with van der Waals surface area (Å²) in [6.45, 7) is 1.70. The molecule has 0 fully saturated rings. The molecule has 1 aliphatic heterocycles. The molecular weight excluding hydrogens is 300 g/mol. The average molecular weight is 316 g/mol. The topological polar surface area (TPSA) is 76.1 Å². The summed E-state index contributed by atoms with van der Waals surface area (Å²) in [5, 5.41) is 9.55. The fraction of sp³-hybridized carbons (Fsp3) is 0.100. The molecule has 2 N–H and O–H groups in total. The normalized spacial score (nSPS) is 17.2. The van der Waals surface area contributed by atoms with Gasteiger partial charge in [-0.1, -0.05) is 60.7 Å².